The van der Waals surface area contributed by atoms with E-state index in [9.17, 15) is 19.5 Å². The Labute approximate surface area is 306 Å². The summed E-state index contributed by atoms with van der Waals surface area (Å²) in [5, 5.41) is 9.50. The topological polar surface area (TPSA) is 110 Å². The Balaban J connectivity index is 1.21. The molecule has 0 radical (unpaired) electrons. The molecule has 1 saturated heterocycles. The van der Waals surface area contributed by atoms with Crippen LogP contribution < -0.4 is 4.74 Å². The number of carboxylic acid groups (broad SMARTS) is 1. The van der Waals surface area contributed by atoms with Gasteiger partial charge in [-0.25, -0.2) is 9.97 Å². The first-order chi connectivity index (χ1) is 24.5. The van der Waals surface area contributed by atoms with Crippen molar-refractivity contribution < 1.29 is 24.2 Å². The molecule has 2 aromatic heterocycles. The Morgan fingerprint density at radius 3 is 2.18 bits per heavy atom. The maximum absolute atomic E-state index is 13.8. The largest absolute Gasteiger partial charge is 0.494 e. The first kappa shape index (κ1) is 37.9. The summed E-state index contributed by atoms with van der Waals surface area (Å²) in [6.45, 7) is 9.86. The van der Waals surface area contributed by atoms with Gasteiger partial charge in [-0.15, -0.1) is 11.3 Å². The van der Waals surface area contributed by atoms with Crippen LogP contribution in [0, 0.1) is 11.8 Å². The number of aliphatic carboxylic acids is 1. The van der Waals surface area contributed by atoms with Crippen LogP contribution in [0.4, 0.5) is 0 Å². The van der Waals surface area contributed by atoms with Crippen LogP contribution in [0.3, 0.4) is 0 Å². The van der Waals surface area contributed by atoms with Crippen LogP contribution in [0.2, 0.25) is 0 Å². The lowest BCUT2D eigenvalue weighted by atomic mass is 9.92. The van der Waals surface area contributed by atoms with Crippen LogP contribution in [0.5, 0.6) is 5.75 Å². The number of ketones is 1. The monoisotopic (exact) mass is 709 g/mol. The van der Waals surface area contributed by atoms with Gasteiger partial charge in [0, 0.05) is 53.8 Å². The summed E-state index contributed by atoms with van der Waals surface area (Å²) < 4.78 is 5.93. The van der Waals surface area contributed by atoms with Crippen molar-refractivity contribution in [3.05, 3.63) is 88.4 Å². The van der Waals surface area contributed by atoms with E-state index in [2.05, 4.69) is 37.7 Å². The molecule has 1 aliphatic heterocycles. The lowest BCUT2D eigenvalue weighted by molar-refractivity contribution is -0.141. The first-order valence-electron chi connectivity index (χ1n) is 18.3. The zero-order chi connectivity index (χ0) is 36.4. The number of amides is 1. The van der Waals surface area contributed by atoms with Gasteiger partial charge in [-0.1, -0.05) is 96.2 Å². The predicted octanol–water partition coefficient (Wildman–Crippen LogP) is 9.27. The van der Waals surface area contributed by atoms with Crippen molar-refractivity contribution >= 4 is 29.0 Å². The summed E-state index contributed by atoms with van der Waals surface area (Å²) in [5.74, 6) is -0.836. The van der Waals surface area contributed by atoms with Crippen molar-refractivity contribution in [2.24, 2.45) is 11.8 Å². The molecule has 9 heteroatoms. The quantitative estimate of drug-likeness (QED) is 0.0860. The predicted molar refractivity (Wildman–Crippen MR) is 203 cm³/mol. The molecule has 0 unspecified atom stereocenters. The van der Waals surface area contributed by atoms with E-state index in [4.69, 9.17) is 4.74 Å². The number of ether oxygens (including phenoxy) is 1. The van der Waals surface area contributed by atoms with Crippen molar-refractivity contribution in [1.29, 1.82) is 0 Å². The third-order valence-electron chi connectivity index (χ3n) is 9.55. The van der Waals surface area contributed by atoms with Crippen LogP contribution in [0.25, 0.3) is 22.5 Å². The second kappa shape index (κ2) is 17.7. The van der Waals surface area contributed by atoms with Crippen LogP contribution in [-0.2, 0) is 21.4 Å². The van der Waals surface area contributed by atoms with Gasteiger partial charge < -0.3 is 14.7 Å². The van der Waals surface area contributed by atoms with E-state index in [1.807, 2.05) is 73.1 Å². The van der Waals surface area contributed by atoms with Gasteiger partial charge in [0.25, 0.3) is 0 Å². The van der Waals surface area contributed by atoms with Crippen LogP contribution in [0.1, 0.15) is 99.2 Å². The molecule has 270 valence electrons. The number of carbonyl (C=O) groups is 3. The minimum absolute atomic E-state index is 0.0652. The highest BCUT2D eigenvalue weighted by atomic mass is 32.1. The van der Waals surface area contributed by atoms with Gasteiger partial charge in [0.15, 0.2) is 11.6 Å². The number of nitrogens with zero attached hydrogens (tertiary/aromatic N) is 3. The molecule has 0 saturated carbocycles. The molecule has 1 aliphatic rings. The highest BCUT2D eigenvalue weighted by Gasteiger charge is 2.35. The maximum atomic E-state index is 13.8. The molecule has 0 aliphatic carbocycles. The zero-order valence-electron chi connectivity index (χ0n) is 30.4. The second-order valence-electron chi connectivity index (χ2n) is 14.7. The number of carboxylic acids is 1. The van der Waals surface area contributed by atoms with Gasteiger partial charge in [-0.2, -0.15) is 0 Å². The van der Waals surface area contributed by atoms with Crippen molar-refractivity contribution in [2.45, 2.75) is 90.9 Å². The van der Waals surface area contributed by atoms with Crippen LogP contribution in [0.15, 0.2) is 73.1 Å². The number of unbranched alkanes of at least 4 members (excludes halogenated alkanes) is 5. The highest BCUT2D eigenvalue weighted by Crippen LogP contribution is 2.32. The molecule has 1 fully saturated rings. The molecule has 5 rings (SSSR count). The van der Waals surface area contributed by atoms with Crippen LogP contribution in [-0.4, -0.2) is 57.3 Å². The fourth-order valence-electron chi connectivity index (χ4n) is 6.40. The smallest absolute Gasteiger partial charge is 0.308 e. The van der Waals surface area contributed by atoms with Crippen molar-refractivity contribution in [1.82, 2.24) is 14.9 Å². The van der Waals surface area contributed by atoms with E-state index in [1.165, 1.54) is 43.4 Å². The number of Topliss-reactive ketones (excluding diaryl/α,β-unsaturated/α-hetero) is 1. The lowest BCUT2D eigenvalue weighted by Crippen LogP contribution is -2.37. The van der Waals surface area contributed by atoms with E-state index in [0.717, 1.165) is 45.9 Å². The number of hydrogen-bond donors (Lipinski definition) is 1. The average Bonchev–Trinajstić information content (AvgIpc) is 3.83. The molecule has 3 heterocycles. The summed E-state index contributed by atoms with van der Waals surface area (Å²) >= 11 is 1.48. The van der Waals surface area contributed by atoms with Crippen LogP contribution >= 0.6 is 11.3 Å². The third-order valence-corrected chi connectivity index (χ3v) is 11.1. The number of aromatic nitrogens is 2. The molecule has 2 atom stereocenters. The van der Waals surface area contributed by atoms with E-state index >= 15 is 0 Å². The molecular formula is C42H51N3O5S. The first-order valence-corrected chi connectivity index (χ1v) is 19.1. The van der Waals surface area contributed by atoms with E-state index in [1.54, 1.807) is 4.90 Å². The summed E-state index contributed by atoms with van der Waals surface area (Å²) in [6.07, 6.45) is 11.9. The Bertz CT molecular complexity index is 1740. The lowest BCUT2D eigenvalue weighted by Gasteiger charge is -2.23. The Kier molecular flexibility index (Phi) is 13.2. The zero-order valence-corrected chi connectivity index (χ0v) is 31.2. The van der Waals surface area contributed by atoms with Gasteiger partial charge in [0.2, 0.25) is 5.91 Å². The van der Waals surface area contributed by atoms with E-state index in [0.29, 0.717) is 30.1 Å². The standard InChI is InChI=1S/C42H51N3O5S/c1-5-6-7-8-9-10-23-50-35-17-15-30(16-18-35)34-26-43-39(44-27-34)31-13-11-29(12-14-31)24-33(40(47)45-22-21-32(28-45)41(48)49)25-36(46)37-19-20-38(51-37)42(2,3)4/h11-20,26-27,32-33H,5-10,21-25,28H2,1-4H3,(H,48,49)/t32-,33+/m0/s1. The number of rotatable bonds is 17. The van der Waals surface area contributed by atoms with E-state index < -0.39 is 17.8 Å². The highest BCUT2D eigenvalue weighted by molar-refractivity contribution is 7.14. The molecule has 51 heavy (non-hydrogen) atoms. The number of hydrogen-bond acceptors (Lipinski definition) is 7. The van der Waals surface area contributed by atoms with Gasteiger partial charge in [-0.05, 0) is 60.1 Å². The summed E-state index contributed by atoms with van der Waals surface area (Å²) in [4.78, 5) is 51.5. The number of benzene rings is 2. The molecule has 2 aromatic carbocycles. The fraction of sp³-hybridized carbons (Fsp3) is 0.452. The van der Waals surface area contributed by atoms with Crippen molar-refractivity contribution in [2.75, 3.05) is 19.7 Å². The molecule has 0 spiro atoms. The number of thiophene rings is 1. The summed E-state index contributed by atoms with van der Waals surface area (Å²) in [5.41, 5.74) is 3.62. The SMILES string of the molecule is CCCCCCCCOc1ccc(-c2cnc(-c3ccc(C[C@H](CC(=O)c4ccc(C(C)(C)C)s4)C(=O)N4CC[C@H](C(=O)O)C4)cc3)nc2)cc1. The Morgan fingerprint density at radius 2 is 1.55 bits per heavy atom. The van der Waals surface area contributed by atoms with Gasteiger partial charge >= 0.3 is 5.97 Å². The Morgan fingerprint density at radius 1 is 0.882 bits per heavy atom. The molecule has 8 nitrogen and oxygen atoms in total. The molecule has 0 bridgehead atoms. The summed E-state index contributed by atoms with van der Waals surface area (Å²) in [7, 11) is 0. The normalized spacial score (nSPS) is 15.1. The average molecular weight is 710 g/mol. The van der Waals surface area contributed by atoms with E-state index in [-0.39, 0.29) is 30.1 Å². The molecule has 1 amide bonds. The van der Waals surface area contributed by atoms with Crippen molar-refractivity contribution in [3.63, 3.8) is 0 Å². The minimum Gasteiger partial charge on any atom is -0.494 e. The molecule has 1 N–H and O–H groups in total. The Hall–Kier alpha value is -4.37. The molecular weight excluding hydrogens is 659 g/mol. The van der Waals surface area contributed by atoms with Gasteiger partial charge in [0.05, 0.1) is 17.4 Å². The van der Waals surface area contributed by atoms with Crippen molar-refractivity contribution in [3.8, 4) is 28.3 Å². The fourth-order valence-corrected chi connectivity index (χ4v) is 7.41. The third kappa shape index (κ3) is 10.6. The minimum atomic E-state index is -0.890. The van der Waals surface area contributed by atoms with Gasteiger partial charge in [-0.3, -0.25) is 14.4 Å². The second-order valence-corrected chi connectivity index (χ2v) is 15.8. The number of carbonyl (C=O) groups excluding carboxylic acids is 2. The van der Waals surface area contributed by atoms with Gasteiger partial charge in [0.1, 0.15) is 5.75 Å². The number of likely N-dealkylation sites (tertiary alicyclic amines) is 1. The molecule has 4 aromatic rings. The summed E-state index contributed by atoms with van der Waals surface area (Å²) in [6, 6.07) is 19.7. The maximum Gasteiger partial charge on any atom is 0.308 e.